The minimum Gasteiger partial charge on any atom is -0.305 e. The van der Waals surface area contributed by atoms with E-state index in [2.05, 4.69) is 122 Å². The lowest BCUT2D eigenvalue weighted by Gasteiger charge is -2.20. The number of pyridine rings is 1. The molecule has 0 spiro atoms. The second-order valence-corrected chi connectivity index (χ2v) is 12.0. The smallest absolute Gasteiger partial charge is 0.162 e. The molecule has 44 heavy (non-hydrogen) atoms. The summed E-state index contributed by atoms with van der Waals surface area (Å²) in [6.45, 7) is 8.60. The standard InChI is InChI=1S/C40H30N4/c1-24-5-13-35-31(19-24)32-20-25(2)6-14-36(32)43(35)39-30(29-11-9-28(23-41)10-12-29)17-18-42-40(39)44-37-15-7-26(3)21-33(37)34-22-27(4)8-16-38(34)44/h5-22H,1-4H3. The summed E-state index contributed by atoms with van der Waals surface area (Å²) in [7, 11) is 0. The molecule has 4 nitrogen and oxygen atoms in total. The minimum atomic E-state index is 0.639. The van der Waals surface area contributed by atoms with Gasteiger partial charge in [-0.25, -0.2) is 4.98 Å². The molecule has 0 aliphatic heterocycles. The van der Waals surface area contributed by atoms with E-state index in [1.165, 1.54) is 43.8 Å². The summed E-state index contributed by atoms with van der Waals surface area (Å²) >= 11 is 0. The Bertz CT molecular complexity index is 2370. The van der Waals surface area contributed by atoms with Crippen molar-refractivity contribution in [1.29, 1.82) is 5.26 Å². The van der Waals surface area contributed by atoms with Gasteiger partial charge >= 0.3 is 0 Å². The van der Waals surface area contributed by atoms with Crippen LogP contribution in [-0.2, 0) is 0 Å². The van der Waals surface area contributed by atoms with Gasteiger partial charge in [0.05, 0.1) is 39.4 Å². The number of aromatic nitrogens is 3. The van der Waals surface area contributed by atoms with Crippen molar-refractivity contribution >= 4 is 43.6 Å². The van der Waals surface area contributed by atoms with Gasteiger partial charge in [0.15, 0.2) is 5.82 Å². The Morgan fingerprint density at radius 3 is 1.39 bits per heavy atom. The molecule has 0 unspecified atom stereocenters. The number of hydrogen-bond acceptors (Lipinski definition) is 2. The molecule has 4 heteroatoms. The van der Waals surface area contributed by atoms with Crippen LogP contribution in [0.4, 0.5) is 0 Å². The Morgan fingerprint density at radius 1 is 0.523 bits per heavy atom. The number of fused-ring (bicyclic) bond motifs is 6. The van der Waals surface area contributed by atoms with Crippen molar-refractivity contribution in [2.24, 2.45) is 0 Å². The maximum Gasteiger partial charge on any atom is 0.162 e. The molecule has 0 saturated heterocycles. The average Bonchev–Trinajstić information content (AvgIpc) is 3.51. The molecule has 0 aliphatic carbocycles. The third kappa shape index (κ3) is 3.87. The van der Waals surface area contributed by atoms with Gasteiger partial charge in [-0.1, -0.05) is 58.7 Å². The predicted molar refractivity (Wildman–Crippen MR) is 182 cm³/mol. The van der Waals surface area contributed by atoms with Gasteiger partial charge in [0, 0.05) is 33.3 Å². The Balaban J connectivity index is 1.58. The lowest BCUT2D eigenvalue weighted by atomic mass is 10.0. The number of hydrogen-bond donors (Lipinski definition) is 0. The molecule has 0 N–H and O–H groups in total. The quantitative estimate of drug-likeness (QED) is 0.214. The van der Waals surface area contributed by atoms with Crippen molar-refractivity contribution in [3.8, 4) is 28.7 Å². The fourth-order valence-electron chi connectivity index (χ4n) is 6.76. The predicted octanol–water partition coefficient (Wildman–Crippen LogP) is 10.0. The first kappa shape index (κ1) is 26.0. The number of rotatable bonds is 3. The van der Waals surface area contributed by atoms with Crippen LogP contribution in [0.5, 0.6) is 0 Å². The average molecular weight is 567 g/mol. The zero-order valence-electron chi connectivity index (χ0n) is 25.2. The SMILES string of the molecule is Cc1ccc2c(c1)c1cc(C)ccc1n2-c1nccc(-c2ccc(C#N)cc2)c1-n1c2ccc(C)cc2c2cc(C)ccc21. The van der Waals surface area contributed by atoms with E-state index in [1.807, 2.05) is 30.5 Å². The molecule has 0 saturated carbocycles. The molecule has 8 aromatic rings. The van der Waals surface area contributed by atoms with Gasteiger partial charge in [0.2, 0.25) is 0 Å². The Morgan fingerprint density at radius 2 is 0.955 bits per heavy atom. The largest absolute Gasteiger partial charge is 0.305 e. The molecule has 0 bridgehead atoms. The summed E-state index contributed by atoms with van der Waals surface area (Å²) in [6, 6.07) is 39.0. The maximum atomic E-state index is 9.53. The second kappa shape index (κ2) is 9.69. The zero-order valence-corrected chi connectivity index (χ0v) is 25.2. The normalized spacial score (nSPS) is 11.6. The molecule has 0 atom stereocenters. The van der Waals surface area contributed by atoms with Crippen molar-refractivity contribution in [1.82, 2.24) is 14.1 Å². The Hall–Kier alpha value is -5.66. The van der Waals surface area contributed by atoms with E-state index >= 15 is 0 Å². The summed E-state index contributed by atoms with van der Waals surface area (Å²) in [5.41, 5.74) is 13.1. The van der Waals surface area contributed by atoms with Crippen LogP contribution in [0, 0.1) is 39.0 Å². The summed E-state index contributed by atoms with van der Waals surface area (Å²) in [4.78, 5) is 5.18. The first-order valence-corrected chi connectivity index (χ1v) is 14.9. The fraction of sp³-hybridized carbons (Fsp3) is 0.100. The molecular weight excluding hydrogens is 536 g/mol. The highest BCUT2D eigenvalue weighted by atomic mass is 15.1. The van der Waals surface area contributed by atoms with Crippen molar-refractivity contribution < 1.29 is 0 Å². The van der Waals surface area contributed by atoms with Gasteiger partial charge < -0.3 is 4.57 Å². The van der Waals surface area contributed by atoms with Crippen LogP contribution in [0.25, 0.3) is 66.2 Å². The van der Waals surface area contributed by atoms with E-state index in [-0.39, 0.29) is 0 Å². The molecule has 0 fully saturated rings. The molecule has 210 valence electrons. The van der Waals surface area contributed by atoms with Gasteiger partial charge in [-0.05, 0) is 100.0 Å². The van der Waals surface area contributed by atoms with Gasteiger partial charge in [0.25, 0.3) is 0 Å². The van der Waals surface area contributed by atoms with Crippen LogP contribution >= 0.6 is 0 Å². The first-order valence-electron chi connectivity index (χ1n) is 14.9. The van der Waals surface area contributed by atoms with Crippen molar-refractivity contribution in [3.05, 3.63) is 137 Å². The monoisotopic (exact) mass is 566 g/mol. The van der Waals surface area contributed by atoms with Gasteiger partial charge in [-0.2, -0.15) is 5.26 Å². The minimum absolute atomic E-state index is 0.639. The highest BCUT2D eigenvalue weighted by molar-refractivity contribution is 6.12. The van der Waals surface area contributed by atoms with E-state index in [4.69, 9.17) is 4.98 Å². The number of aryl methyl sites for hydroxylation is 4. The molecule has 0 aliphatic rings. The van der Waals surface area contributed by atoms with Gasteiger partial charge in [-0.3, -0.25) is 4.57 Å². The lowest BCUT2D eigenvalue weighted by Crippen LogP contribution is -2.08. The number of nitriles is 1. The van der Waals surface area contributed by atoms with E-state index < -0.39 is 0 Å². The summed E-state index contributed by atoms with van der Waals surface area (Å²) < 4.78 is 4.71. The fourth-order valence-corrected chi connectivity index (χ4v) is 6.76. The van der Waals surface area contributed by atoms with Gasteiger partial charge in [0.1, 0.15) is 0 Å². The molecular formula is C40H30N4. The Labute approximate surface area is 256 Å². The topological polar surface area (TPSA) is 46.5 Å². The molecule has 0 amide bonds. The van der Waals surface area contributed by atoms with E-state index in [1.54, 1.807) is 0 Å². The van der Waals surface area contributed by atoms with Crippen LogP contribution in [0.1, 0.15) is 27.8 Å². The second-order valence-electron chi connectivity index (χ2n) is 12.0. The number of benzene rings is 5. The van der Waals surface area contributed by atoms with Gasteiger partial charge in [-0.15, -0.1) is 0 Å². The third-order valence-electron chi connectivity index (χ3n) is 8.82. The highest BCUT2D eigenvalue weighted by Gasteiger charge is 2.23. The van der Waals surface area contributed by atoms with Crippen LogP contribution in [0.2, 0.25) is 0 Å². The van der Waals surface area contributed by atoms with Crippen LogP contribution < -0.4 is 0 Å². The third-order valence-corrected chi connectivity index (χ3v) is 8.82. The maximum absolute atomic E-state index is 9.53. The highest BCUT2D eigenvalue weighted by Crippen LogP contribution is 2.41. The van der Waals surface area contributed by atoms with Crippen molar-refractivity contribution in [3.63, 3.8) is 0 Å². The van der Waals surface area contributed by atoms with Crippen LogP contribution in [-0.4, -0.2) is 14.1 Å². The summed E-state index contributed by atoms with van der Waals surface area (Å²) in [6.07, 6.45) is 1.91. The van der Waals surface area contributed by atoms with E-state index in [0.29, 0.717) is 5.56 Å². The molecule has 8 rings (SSSR count). The molecule has 0 radical (unpaired) electrons. The van der Waals surface area contributed by atoms with Crippen molar-refractivity contribution in [2.45, 2.75) is 27.7 Å². The van der Waals surface area contributed by atoms with E-state index in [9.17, 15) is 5.26 Å². The molecule has 3 aromatic heterocycles. The Kier molecular flexibility index (Phi) is 5.73. The summed E-state index contributed by atoms with van der Waals surface area (Å²) in [5.74, 6) is 0.861. The zero-order chi connectivity index (χ0) is 30.1. The lowest BCUT2D eigenvalue weighted by molar-refractivity contribution is 1.03. The van der Waals surface area contributed by atoms with E-state index in [0.717, 1.165) is 44.7 Å². The van der Waals surface area contributed by atoms with Crippen molar-refractivity contribution in [2.75, 3.05) is 0 Å². The first-order chi connectivity index (χ1) is 21.4. The molecule has 3 heterocycles. The molecule has 5 aromatic carbocycles. The van der Waals surface area contributed by atoms with Crippen LogP contribution in [0.15, 0.2) is 109 Å². The number of nitrogens with zero attached hydrogens (tertiary/aromatic N) is 4. The summed E-state index contributed by atoms with van der Waals surface area (Å²) in [5, 5.41) is 14.4. The van der Waals surface area contributed by atoms with Crippen LogP contribution in [0.3, 0.4) is 0 Å².